The molecule has 0 spiro atoms. The molecule has 1 aliphatic rings. The minimum absolute atomic E-state index is 0.243. The maximum absolute atomic E-state index is 12.9. The zero-order chi connectivity index (χ0) is 17.3. The van der Waals surface area contributed by atoms with Gasteiger partial charge in [-0.05, 0) is 12.0 Å². The molecule has 124 valence electrons. The number of anilines is 1. The Labute approximate surface area is 141 Å². The Bertz CT molecular complexity index is 769. The Balaban J connectivity index is 1.97. The van der Waals surface area contributed by atoms with Crippen LogP contribution in [-0.4, -0.2) is 23.3 Å². The standard InChI is InChI=1S/C20H21NO3/c1-14(2)13-21-17-11-7-6-10-16(17)20(24,19(21)23)12-18(22)15-8-4-3-5-9-15/h3-11,14,24H,12-13H2,1-2H3. The van der Waals surface area contributed by atoms with E-state index in [0.29, 0.717) is 23.4 Å². The number of carbonyl (C=O) groups excluding carboxylic acids is 2. The van der Waals surface area contributed by atoms with Crippen molar-refractivity contribution in [2.75, 3.05) is 11.4 Å². The minimum atomic E-state index is -1.79. The zero-order valence-electron chi connectivity index (χ0n) is 13.9. The highest BCUT2D eigenvalue weighted by Gasteiger charge is 2.50. The first-order valence-corrected chi connectivity index (χ1v) is 8.15. The second kappa shape index (κ2) is 6.21. The van der Waals surface area contributed by atoms with Gasteiger partial charge in [0, 0.05) is 17.7 Å². The van der Waals surface area contributed by atoms with E-state index < -0.39 is 11.5 Å². The lowest BCUT2D eigenvalue weighted by atomic mass is 9.88. The van der Waals surface area contributed by atoms with E-state index in [-0.39, 0.29) is 18.1 Å². The summed E-state index contributed by atoms with van der Waals surface area (Å²) in [5.41, 5.74) is -0.0868. The Morgan fingerprint density at radius 1 is 1.08 bits per heavy atom. The van der Waals surface area contributed by atoms with Crippen LogP contribution in [0.5, 0.6) is 0 Å². The Kier molecular flexibility index (Phi) is 4.24. The van der Waals surface area contributed by atoms with Crippen molar-refractivity contribution in [3.05, 3.63) is 65.7 Å². The van der Waals surface area contributed by atoms with Gasteiger partial charge in [-0.15, -0.1) is 0 Å². The van der Waals surface area contributed by atoms with E-state index in [1.165, 1.54) is 0 Å². The third kappa shape index (κ3) is 2.74. The fourth-order valence-electron chi connectivity index (χ4n) is 3.18. The number of hydrogen-bond donors (Lipinski definition) is 1. The molecular weight excluding hydrogens is 302 g/mol. The smallest absolute Gasteiger partial charge is 0.264 e. The summed E-state index contributed by atoms with van der Waals surface area (Å²) >= 11 is 0. The van der Waals surface area contributed by atoms with Crippen LogP contribution in [0.1, 0.15) is 36.2 Å². The van der Waals surface area contributed by atoms with Crippen LogP contribution in [0.15, 0.2) is 54.6 Å². The molecule has 0 saturated heterocycles. The summed E-state index contributed by atoms with van der Waals surface area (Å²) in [5, 5.41) is 11.1. The SMILES string of the molecule is CC(C)CN1C(=O)C(O)(CC(=O)c2ccccc2)c2ccccc21. The summed E-state index contributed by atoms with van der Waals surface area (Å²) in [5.74, 6) is -0.400. The molecule has 1 heterocycles. The summed E-state index contributed by atoms with van der Waals surface area (Å²) in [6.45, 7) is 4.54. The van der Waals surface area contributed by atoms with E-state index in [1.807, 2.05) is 32.0 Å². The van der Waals surface area contributed by atoms with Gasteiger partial charge in [0.1, 0.15) is 0 Å². The van der Waals surface area contributed by atoms with Crippen molar-refractivity contribution in [1.29, 1.82) is 0 Å². The molecule has 0 aliphatic carbocycles. The van der Waals surface area contributed by atoms with E-state index in [9.17, 15) is 14.7 Å². The fourth-order valence-corrected chi connectivity index (χ4v) is 3.18. The van der Waals surface area contributed by atoms with Crippen molar-refractivity contribution in [3.63, 3.8) is 0 Å². The number of Topliss-reactive ketones (excluding diaryl/α,β-unsaturated/α-hetero) is 1. The van der Waals surface area contributed by atoms with E-state index in [0.717, 1.165) is 0 Å². The fraction of sp³-hybridized carbons (Fsp3) is 0.300. The Morgan fingerprint density at radius 2 is 1.71 bits per heavy atom. The lowest BCUT2D eigenvalue weighted by molar-refractivity contribution is -0.136. The quantitative estimate of drug-likeness (QED) is 0.860. The van der Waals surface area contributed by atoms with Crippen molar-refractivity contribution in [2.45, 2.75) is 25.9 Å². The Hall–Kier alpha value is -2.46. The van der Waals surface area contributed by atoms with Crippen molar-refractivity contribution < 1.29 is 14.7 Å². The second-order valence-electron chi connectivity index (χ2n) is 6.65. The third-order valence-corrected chi connectivity index (χ3v) is 4.30. The van der Waals surface area contributed by atoms with E-state index in [2.05, 4.69) is 0 Å². The maximum Gasteiger partial charge on any atom is 0.264 e. The largest absolute Gasteiger partial charge is 0.375 e. The summed E-state index contributed by atoms with van der Waals surface area (Å²) in [7, 11) is 0. The summed E-state index contributed by atoms with van der Waals surface area (Å²) in [6.07, 6.45) is -0.249. The van der Waals surface area contributed by atoms with Crippen molar-refractivity contribution in [2.24, 2.45) is 5.92 Å². The predicted octanol–water partition coefficient (Wildman–Crippen LogP) is 3.15. The minimum Gasteiger partial charge on any atom is -0.375 e. The van der Waals surface area contributed by atoms with Crippen LogP contribution in [0.25, 0.3) is 0 Å². The van der Waals surface area contributed by atoms with Gasteiger partial charge in [0.25, 0.3) is 5.91 Å². The van der Waals surface area contributed by atoms with Crippen LogP contribution in [0.2, 0.25) is 0 Å². The molecule has 1 atom stereocenters. The molecular formula is C20H21NO3. The number of hydrogen-bond acceptors (Lipinski definition) is 3. The third-order valence-electron chi connectivity index (χ3n) is 4.30. The number of nitrogens with zero attached hydrogens (tertiary/aromatic N) is 1. The van der Waals surface area contributed by atoms with Crippen LogP contribution in [0.4, 0.5) is 5.69 Å². The van der Waals surface area contributed by atoms with Crippen molar-refractivity contribution in [3.8, 4) is 0 Å². The van der Waals surface area contributed by atoms with Gasteiger partial charge in [-0.1, -0.05) is 62.4 Å². The number of fused-ring (bicyclic) bond motifs is 1. The highest BCUT2D eigenvalue weighted by molar-refractivity contribution is 6.10. The van der Waals surface area contributed by atoms with Crippen molar-refractivity contribution >= 4 is 17.4 Å². The van der Waals surface area contributed by atoms with Crippen LogP contribution in [0, 0.1) is 5.92 Å². The molecule has 24 heavy (non-hydrogen) atoms. The molecule has 2 aromatic carbocycles. The number of amides is 1. The normalized spacial score (nSPS) is 19.7. The number of ketones is 1. The number of rotatable bonds is 5. The molecule has 4 nitrogen and oxygen atoms in total. The number of para-hydroxylation sites is 1. The van der Waals surface area contributed by atoms with E-state index >= 15 is 0 Å². The first kappa shape index (κ1) is 16.4. The molecule has 2 aromatic rings. The first-order valence-electron chi connectivity index (χ1n) is 8.15. The van der Waals surface area contributed by atoms with E-state index in [1.54, 1.807) is 41.3 Å². The van der Waals surface area contributed by atoms with Gasteiger partial charge in [0.2, 0.25) is 0 Å². The monoisotopic (exact) mass is 323 g/mol. The van der Waals surface area contributed by atoms with Gasteiger partial charge in [0.15, 0.2) is 11.4 Å². The molecule has 0 fully saturated rings. The van der Waals surface area contributed by atoms with Gasteiger partial charge in [-0.25, -0.2) is 0 Å². The lowest BCUT2D eigenvalue weighted by Crippen LogP contribution is -2.43. The average Bonchev–Trinajstić information content (AvgIpc) is 2.78. The van der Waals surface area contributed by atoms with Gasteiger partial charge < -0.3 is 10.0 Å². The maximum atomic E-state index is 12.9. The van der Waals surface area contributed by atoms with Gasteiger partial charge >= 0.3 is 0 Å². The first-order chi connectivity index (χ1) is 11.4. The number of carbonyl (C=O) groups is 2. The molecule has 1 amide bonds. The molecule has 0 bridgehead atoms. The molecule has 0 radical (unpaired) electrons. The van der Waals surface area contributed by atoms with Crippen LogP contribution >= 0.6 is 0 Å². The van der Waals surface area contributed by atoms with Gasteiger partial charge in [0.05, 0.1) is 12.1 Å². The summed E-state index contributed by atoms with van der Waals surface area (Å²) in [6, 6.07) is 15.9. The predicted molar refractivity (Wildman–Crippen MR) is 92.9 cm³/mol. The van der Waals surface area contributed by atoms with Gasteiger partial charge in [-0.2, -0.15) is 0 Å². The molecule has 3 rings (SSSR count). The zero-order valence-corrected chi connectivity index (χ0v) is 13.9. The summed E-state index contributed by atoms with van der Waals surface area (Å²) in [4.78, 5) is 27.1. The Morgan fingerprint density at radius 3 is 2.38 bits per heavy atom. The molecule has 1 unspecified atom stereocenters. The molecule has 1 aliphatic heterocycles. The van der Waals surface area contributed by atoms with E-state index in [4.69, 9.17) is 0 Å². The highest BCUT2D eigenvalue weighted by atomic mass is 16.3. The summed E-state index contributed by atoms with van der Waals surface area (Å²) < 4.78 is 0. The number of benzene rings is 2. The van der Waals surface area contributed by atoms with Crippen LogP contribution in [0.3, 0.4) is 0 Å². The topological polar surface area (TPSA) is 57.6 Å². The molecule has 0 saturated carbocycles. The van der Waals surface area contributed by atoms with Crippen LogP contribution in [-0.2, 0) is 10.4 Å². The lowest BCUT2D eigenvalue weighted by Gasteiger charge is -2.23. The van der Waals surface area contributed by atoms with Crippen molar-refractivity contribution in [1.82, 2.24) is 0 Å². The number of aliphatic hydroxyl groups is 1. The highest BCUT2D eigenvalue weighted by Crippen LogP contribution is 2.43. The van der Waals surface area contributed by atoms with Gasteiger partial charge in [-0.3, -0.25) is 9.59 Å². The molecule has 0 aromatic heterocycles. The van der Waals surface area contributed by atoms with Crippen LogP contribution < -0.4 is 4.90 Å². The average molecular weight is 323 g/mol. The molecule has 4 heteroatoms. The second-order valence-corrected chi connectivity index (χ2v) is 6.65. The molecule has 1 N–H and O–H groups in total.